The number of carbonyl (C=O) groups excluding carboxylic acids is 1. The highest BCUT2D eigenvalue weighted by Crippen LogP contribution is 2.23. The van der Waals surface area contributed by atoms with Crippen LogP contribution < -0.4 is 5.32 Å². The van der Waals surface area contributed by atoms with Crippen LogP contribution in [0.25, 0.3) is 16.6 Å². The van der Waals surface area contributed by atoms with Crippen LogP contribution >= 0.6 is 0 Å². The van der Waals surface area contributed by atoms with Gasteiger partial charge in [0.1, 0.15) is 22.7 Å². The van der Waals surface area contributed by atoms with Crippen molar-refractivity contribution in [3.8, 4) is 0 Å². The molecular weight excluding hydrogens is 302 g/mol. The van der Waals surface area contributed by atoms with Gasteiger partial charge in [0.05, 0.1) is 6.04 Å². The predicted octanol–water partition coefficient (Wildman–Crippen LogP) is 3.88. The summed E-state index contributed by atoms with van der Waals surface area (Å²) in [6.45, 7) is 3.90. The number of benzene rings is 1. The Hall–Kier alpha value is -3.08. The zero-order valence-corrected chi connectivity index (χ0v) is 13.5. The number of hydrogen-bond donors (Lipinski definition) is 1. The van der Waals surface area contributed by atoms with Gasteiger partial charge in [-0.25, -0.2) is 4.98 Å². The van der Waals surface area contributed by atoms with Crippen LogP contribution in [0.1, 0.15) is 34.8 Å². The average molecular weight is 319 g/mol. The summed E-state index contributed by atoms with van der Waals surface area (Å²) < 4.78 is 7.64. The lowest BCUT2D eigenvalue weighted by Gasteiger charge is -2.09. The van der Waals surface area contributed by atoms with Crippen LogP contribution in [0.4, 0.5) is 0 Å². The van der Waals surface area contributed by atoms with Crippen molar-refractivity contribution in [3.63, 3.8) is 0 Å². The van der Waals surface area contributed by atoms with Gasteiger partial charge < -0.3 is 14.1 Å². The van der Waals surface area contributed by atoms with E-state index in [4.69, 9.17) is 4.42 Å². The monoisotopic (exact) mass is 319 g/mol. The molecule has 3 heterocycles. The molecule has 5 heteroatoms. The molecule has 0 saturated heterocycles. The number of hydrogen-bond acceptors (Lipinski definition) is 3. The topological polar surface area (TPSA) is 59.5 Å². The molecule has 0 aliphatic heterocycles. The number of imidazole rings is 1. The third-order valence-corrected chi connectivity index (χ3v) is 4.07. The molecule has 0 aliphatic rings. The van der Waals surface area contributed by atoms with Crippen molar-refractivity contribution in [2.45, 2.75) is 19.9 Å². The largest absolute Gasteiger partial charge is 0.459 e. The number of carbonyl (C=O) groups is 1. The molecule has 0 radical (unpaired) electrons. The molecule has 4 aromatic rings. The van der Waals surface area contributed by atoms with Gasteiger partial charge in [0.15, 0.2) is 0 Å². The van der Waals surface area contributed by atoms with E-state index in [-0.39, 0.29) is 11.9 Å². The Balaban J connectivity index is 1.57. The van der Waals surface area contributed by atoms with Crippen molar-refractivity contribution >= 4 is 22.5 Å². The number of nitrogens with zero attached hydrogens (tertiary/aromatic N) is 2. The van der Waals surface area contributed by atoms with E-state index in [1.165, 1.54) is 0 Å². The molecule has 1 N–H and O–H groups in total. The van der Waals surface area contributed by atoms with Crippen LogP contribution in [0.5, 0.6) is 0 Å². The van der Waals surface area contributed by atoms with E-state index in [2.05, 4.69) is 10.3 Å². The third-order valence-electron chi connectivity index (χ3n) is 4.07. The molecule has 0 bridgehead atoms. The zero-order chi connectivity index (χ0) is 16.7. The first-order valence-electron chi connectivity index (χ1n) is 7.85. The van der Waals surface area contributed by atoms with Gasteiger partial charge in [0.2, 0.25) is 0 Å². The highest BCUT2D eigenvalue weighted by molar-refractivity contribution is 5.93. The fraction of sp³-hybridized carbons (Fsp3) is 0.158. The zero-order valence-electron chi connectivity index (χ0n) is 13.5. The molecule has 1 aromatic carbocycles. The Morgan fingerprint density at radius 2 is 2.08 bits per heavy atom. The average Bonchev–Trinajstić information content (AvgIpc) is 3.18. The summed E-state index contributed by atoms with van der Waals surface area (Å²) in [6, 6.07) is 13.4. The first kappa shape index (κ1) is 14.5. The first-order valence-corrected chi connectivity index (χ1v) is 7.85. The normalized spacial score (nSPS) is 12.6. The van der Waals surface area contributed by atoms with Gasteiger partial charge >= 0.3 is 0 Å². The minimum Gasteiger partial charge on any atom is -0.459 e. The molecule has 24 heavy (non-hydrogen) atoms. The molecule has 3 aromatic heterocycles. The SMILES string of the molecule is Cc1ccn2cc(C(=O)N[C@H](C)c3cc4ccccc4o3)nc2c1. The van der Waals surface area contributed by atoms with Crippen LogP contribution in [-0.4, -0.2) is 15.3 Å². The Morgan fingerprint density at radius 3 is 2.92 bits per heavy atom. The van der Waals surface area contributed by atoms with E-state index in [9.17, 15) is 4.79 Å². The lowest BCUT2D eigenvalue weighted by Crippen LogP contribution is -2.26. The second-order valence-corrected chi connectivity index (χ2v) is 5.98. The summed E-state index contributed by atoms with van der Waals surface area (Å²) in [4.78, 5) is 16.9. The van der Waals surface area contributed by atoms with Crippen LogP contribution in [0.15, 0.2) is 59.3 Å². The highest BCUT2D eigenvalue weighted by Gasteiger charge is 2.17. The van der Waals surface area contributed by atoms with Gasteiger partial charge in [-0.2, -0.15) is 0 Å². The van der Waals surface area contributed by atoms with E-state index in [0.717, 1.165) is 27.9 Å². The summed E-state index contributed by atoms with van der Waals surface area (Å²) >= 11 is 0. The number of aromatic nitrogens is 2. The summed E-state index contributed by atoms with van der Waals surface area (Å²) in [7, 11) is 0. The molecule has 120 valence electrons. The van der Waals surface area contributed by atoms with E-state index < -0.39 is 0 Å². The summed E-state index contributed by atoms with van der Waals surface area (Å²) in [5.41, 5.74) is 3.08. The molecule has 5 nitrogen and oxygen atoms in total. The van der Waals surface area contributed by atoms with Crippen LogP contribution in [-0.2, 0) is 0 Å². The van der Waals surface area contributed by atoms with E-state index in [1.807, 2.05) is 66.9 Å². The standard InChI is InChI=1S/C19H17N3O2/c1-12-7-8-22-11-15(21-18(22)9-12)19(23)20-13(2)17-10-14-5-3-4-6-16(14)24-17/h3-11,13H,1-2H3,(H,20,23)/t13-/m1/s1. The van der Waals surface area contributed by atoms with E-state index in [0.29, 0.717) is 5.69 Å². The van der Waals surface area contributed by atoms with Crippen molar-refractivity contribution in [2.24, 2.45) is 0 Å². The van der Waals surface area contributed by atoms with Crippen LogP contribution in [0, 0.1) is 6.92 Å². The quantitative estimate of drug-likeness (QED) is 0.623. The van der Waals surface area contributed by atoms with Gasteiger partial charge in [-0.05, 0) is 43.7 Å². The van der Waals surface area contributed by atoms with Crippen LogP contribution in [0.2, 0.25) is 0 Å². The second-order valence-electron chi connectivity index (χ2n) is 5.98. The van der Waals surface area contributed by atoms with Crippen molar-refractivity contribution in [1.82, 2.24) is 14.7 Å². The smallest absolute Gasteiger partial charge is 0.272 e. The van der Waals surface area contributed by atoms with E-state index >= 15 is 0 Å². The van der Waals surface area contributed by atoms with Gasteiger partial charge in [0.25, 0.3) is 5.91 Å². The minimum atomic E-state index is -0.239. The summed E-state index contributed by atoms with van der Waals surface area (Å²) in [5, 5.41) is 3.97. The lowest BCUT2D eigenvalue weighted by atomic mass is 10.2. The maximum absolute atomic E-state index is 12.5. The van der Waals surface area contributed by atoms with Crippen molar-refractivity contribution < 1.29 is 9.21 Å². The van der Waals surface area contributed by atoms with Crippen molar-refractivity contribution in [3.05, 3.63) is 71.9 Å². The van der Waals surface area contributed by atoms with Crippen molar-refractivity contribution in [1.29, 1.82) is 0 Å². The number of fused-ring (bicyclic) bond motifs is 2. The van der Waals surface area contributed by atoms with Gasteiger partial charge in [-0.15, -0.1) is 0 Å². The lowest BCUT2D eigenvalue weighted by molar-refractivity contribution is 0.0931. The number of nitrogens with one attached hydrogen (secondary N) is 1. The molecule has 0 unspecified atom stereocenters. The molecule has 4 rings (SSSR count). The van der Waals surface area contributed by atoms with Gasteiger partial charge in [-0.1, -0.05) is 18.2 Å². The molecular formula is C19H17N3O2. The summed E-state index contributed by atoms with van der Waals surface area (Å²) in [6.07, 6.45) is 3.63. The summed E-state index contributed by atoms with van der Waals surface area (Å²) in [5.74, 6) is 0.508. The maximum Gasteiger partial charge on any atom is 0.272 e. The van der Waals surface area contributed by atoms with Gasteiger partial charge in [0, 0.05) is 17.8 Å². The fourth-order valence-corrected chi connectivity index (χ4v) is 2.75. The van der Waals surface area contributed by atoms with Crippen molar-refractivity contribution in [2.75, 3.05) is 0 Å². The van der Waals surface area contributed by atoms with E-state index in [1.54, 1.807) is 6.20 Å². The van der Waals surface area contributed by atoms with Crippen LogP contribution in [0.3, 0.4) is 0 Å². The highest BCUT2D eigenvalue weighted by atomic mass is 16.3. The number of pyridine rings is 1. The predicted molar refractivity (Wildman–Crippen MR) is 92.0 cm³/mol. The molecule has 0 saturated carbocycles. The molecule has 1 atom stereocenters. The third kappa shape index (κ3) is 2.54. The van der Waals surface area contributed by atoms with Gasteiger partial charge in [-0.3, -0.25) is 4.79 Å². The Bertz CT molecular complexity index is 1010. The Labute approximate surface area is 138 Å². The number of para-hydroxylation sites is 1. The second kappa shape index (κ2) is 5.53. The first-order chi connectivity index (χ1) is 11.6. The number of amides is 1. The molecule has 1 amide bonds. The molecule has 0 spiro atoms. The Morgan fingerprint density at radius 1 is 1.25 bits per heavy atom. The minimum absolute atomic E-state index is 0.218. The molecule has 0 fully saturated rings. The molecule has 0 aliphatic carbocycles. The number of furan rings is 1. The Kier molecular flexibility index (Phi) is 3.34. The number of rotatable bonds is 3. The fourth-order valence-electron chi connectivity index (χ4n) is 2.75. The maximum atomic E-state index is 12.5. The number of aryl methyl sites for hydroxylation is 1.